The largest absolute Gasteiger partial charge is 0.503 e. The zero-order chi connectivity index (χ0) is 15.7. The molecule has 0 aromatic carbocycles. The summed E-state index contributed by atoms with van der Waals surface area (Å²) in [6, 6.07) is 0. The standard InChI is InChI=1S/C11H20N2O3.CH2O3/c1-12(8-10(14)13(2)16)11(15)9-6-4-3-5-7-9;2-1(3)4/h9,16H,3-8H2,1-2H3;(H2,2,3,4). The van der Waals surface area contributed by atoms with Crippen LogP contribution in [0.3, 0.4) is 0 Å². The number of hydroxylamine groups is 2. The molecule has 0 bridgehead atoms. The number of likely N-dealkylation sites (N-methyl/N-ethyl adjacent to an activating group) is 2. The molecular weight excluding hydrogens is 268 g/mol. The molecule has 8 nitrogen and oxygen atoms in total. The van der Waals surface area contributed by atoms with Gasteiger partial charge in [-0.15, -0.1) is 0 Å². The van der Waals surface area contributed by atoms with E-state index in [2.05, 4.69) is 0 Å². The summed E-state index contributed by atoms with van der Waals surface area (Å²) in [7, 11) is 2.87. The molecule has 3 N–H and O–H groups in total. The molecule has 0 heterocycles. The maximum absolute atomic E-state index is 11.9. The van der Waals surface area contributed by atoms with E-state index in [1.54, 1.807) is 7.05 Å². The van der Waals surface area contributed by atoms with E-state index < -0.39 is 12.1 Å². The van der Waals surface area contributed by atoms with Crippen LogP contribution in [0.25, 0.3) is 0 Å². The van der Waals surface area contributed by atoms with Crippen LogP contribution >= 0.6 is 0 Å². The molecule has 0 saturated heterocycles. The summed E-state index contributed by atoms with van der Waals surface area (Å²) in [6.45, 7) is -0.0532. The van der Waals surface area contributed by atoms with Crippen LogP contribution in [-0.4, -0.2) is 64.0 Å². The van der Waals surface area contributed by atoms with E-state index in [0.29, 0.717) is 5.06 Å². The van der Waals surface area contributed by atoms with Crippen LogP contribution in [0.4, 0.5) is 4.79 Å². The van der Waals surface area contributed by atoms with E-state index in [9.17, 15) is 9.59 Å². The first kappa shape index (κ1) is 18.2. The quantitative estimate of drug-likeness (QED) is 0.529. The molecule has 0 aromatic heterocycles. The molecule has 8 heteroatoms. The van der Waals surface area contributed by atoms with Gasteiger partial charge in [0.05, 0.1) is 0 Å². The molecule has 20 heavy (non-hydrogen) atoms. The summed E-state index contributed by atoms with van der Waals surface area (Å²) >= 11 is 0. The van der Waals surface area contributed by atoms with Crippen LogP contribution in [0.1, 0.15) is 32.1 Å². The average molecular weight is 290 g/mol. The summed E-state index contributed by atoms with van der Waals surface area (Å²) in [5.41, 5.74) is 0. The smallest absolute Gasteiger partial charge is 0.450 e. The van der Waals surface area contributed by atoms with Crippen LogP contribution in [0.5, 0.6) is 0 Å². The second-order valence-electron chi connectivity index (χ2n) is 4.73. The maximum atomic E-state index is 11.9. The molecule has 0 radical (unpaired) electrons. The Morgan fingerprint density at radius 3 is 1.90 bits per heavy atom. The van der Waals surface area contributed by atoms with E-state index in [-0.39, 0.29) is 18.4 Å². The normalized spacial score (nSPS) is 14.8. The van der Waals surface area contributed by atoms with Crippen molar-refractivity contribution in [2.24, 2.45) is 5.92 Å². The van der Waals surface area contributed by atoms with Crippen molar-refractivity contribution in [2.45, 2.75) is 32.1 Å². The fourth-order valence-electron chi connectivity index (χ4n) is 2.04. The molecule has 0 atom stereocenters. The fraction of sp³-hybridized carbons (Fsp3) is 0.750. The predicted molar refractivity (Wildman–Crippen MR) is 69.4 cm³/mol. The number of hydrogen-bond acceptors (Lipinski definition) is 4. The minimum Gasteiger partial charge on any atom is -0.450 e. The van der Waals surface area contributed by atoms with E-state index in [1.165, 1.54) is 18.4 Å². The molecule has 0 unspecified atom stereocenters. The number of carbonyl (C=O) groups excluding carboxylic acids is 2. The Kier molecular flexibility index (Phi) is 8.30. The van der Waals surface area contributed by atoms with Crippen molar-refractivity contribution in [1.82, 2.24) is 9.96 Å². The Bertz CT molecular complexity index is 335. The maximum Gasteiger partial charge on any atom is 0.503 e. The summed E-state index contributed by atoms with van der Waals surface area (Å²) in [4.78, 5) is 33.1. The highest BCUT2D eigenvalue weighted by atomic mass is 16.6. The van der Waals surface area contributed by atoms with Crippen molar-refractivity contribution in [1.29, 1.82) is 0 Å². The summed E-state index contributed by atoms with van der Waals surface area (Å²) in [6.07, 6.45) is 3.40. The van der Waals surface area contributed by atoms with Crippen molar-refractivity contribution < 1.29 is 29.8 Å². The van der Waals surface area contributed by atoms with Gasteiger partial charge in [-0.1, -0.05) is 19.3 Å². The van der Waals surface area contributed by atoms with Crippen LogP contribution < -0.4 is 0 Å². The molecule has 116 valence electrons. The third-order valence-corrected chi connectivity index (χ3v) is 3.06. The minimum absolute atomic E-state index is 0.0231. The molecule has 1 fully saturated rings. The second-order valence-corrected chi connectivity index (χ2v) is 4.73. The van der Waals surface area contributed by atoms with Crippen molar-refractivity contribution in [3.05, 3.63) is 0 Å². The first-order chi connectivity index (χ1) is 9.25. The van der Waals surface area contributed by atoms with Gasteiger partial charge in [0.1, 0.15) is 6.54 Å². The second kappa shape index (κ2) is 9.13. The highest BCUT2D eigenvalue weighted by molar-refractivity contribution is 5.85. The van der Waals surface area contributed by atoms with Crippen molar-refractivity contribution in [2.75, 3.05) is 20.6 Å². The van der Waals surface area contributed by atoms with E-state index in [1.807, 2.05) is 0 Å². The van der Waals surface area contributed by atoms with Gasteiger partial charge in [0, 0.05) is 20.0 Å². The van der Waals surface area contributed by atoms with Gasteiger partial charge in [-0.2, -0.15) is 0 Å². The van der Waals surface area contributed by atoms with Gasteiger partial charge in [-0.25, -0.2) is 9.86 Å². The Labute approximate surface area is 117 Å². The van der Waals surface area contributed by atoms with Crippen LogP contribution in [0.15, 0.2) is 0 Å². The molecular formula is C12H22N2O6. The van der Waals surface area contributed by atoms with E-state index in [0.717, 1.165) is 25.7 Å². The van der Waals surface area contributed by atoms with Gasteiger partial charge in [-0.3, -0.25) is 14.8 Å². The lowest BCUT2D eigenvalue weighted by Crippen LogP contribution is -2.41. The number of carboxylic acid groups (broad SMARTS) is 2. The zero-order valence-electron chi connectivity index (χ0n) is 11.8. The molecule has 0 aromatic rings. The molecule has 1 aliphatic rings. The minimum atomic E-state index is -1.83. The zero-order valence-corrected chi connectivity index (χ0v) is 11.8. The predicted octanol–water partition coefficient (Wildman–Crippen LogP) is 1.10. The first-order valence-electron chi connectivity index (χ1n) is 6.38. The lowest BCUT2D eigenvalue weighted by atomic mass is 9.88. The van der Waals surface area contributed by atoms with Gasteiger partial charge in [-0.05, 0) is 12.8 Å². The van der Waals surface area contributed by atoms with Gasteiger partial charge in [0.15, 0.2) is 0 Å². The molecule has 0 aliphatic heterocycles. The Hall–Kier alpha value is -1.83. The number of nitrogens with zero attached hydrogens (tertiary/aromatic N) is 2. The molecule has 1 aliphatic carbocycles. The Balaban J connectivity index is 0.000000796. The fourth-order valence-corrected chi connectivity index (χ4v) is 2.04. The lowest BCUT2D eigenvalue weighted by molar-refractivity contribution is -0.162. The third-order valence-electron chi connectivity index (χ3n) is 3.06. The molecule has 1 saturated carbocycles. The van der Waals surface area contributed by atoms with Crippen molar-refractivity contribution >= 4 is 18.0 Å². The number of amides is 2. The number of hydrogen-bond donors (Lipinski definition) is 3. The number of carbonyl (C=O) groups is 3. The lowest BCUT2D eigenvalue weighted by Gasteiger charge is -2.26. The SMILES string of the molecule is CN(O)C(=O)CN(C)C(=O)C1CCCCC1.O=C(O)O. The number of rotatable bonds is 3. The van der Waals surface area contributed by atoms with Crippen LogP contribution in [-0.2, 0) is 9.59 Å². The molecule has 1 rings (SSSR count). The van der Waals surface area contributed by atoms with E-state index >= 15 is 0 Å². The monoisotopic (exact) mass is 290 g/mol. The molecule has 0 spiro atoms. The van der Waals surface area contributed by atoms with Crippen molar-refractivity contribution in [3.8, 4) is 0 Å². The third kappa shape index (κ3) is 7.57. The highest BCUT2D eigenvalue weighted by Crippen LogP contribution is 2.24. The van der Waals surface area contributed by atoms with Crippen LogP contribution in [0.2, 0.25) is 0 Å². The van der Waals surface area contributed by atoms with Crippen molar-refractivity contribution in [3.63, 3.8) is 0 Å². The summed E-state index contributed by atoms with van der Waals surface area (Å²) in [5, 5.41) is 23.4. The molecule has 2 amide bonds. The van der Waals surface area contributed by atoms with Crippen LogP contribution in [0, 0.1) is 5.92 Å². The van der Waals surface area contributed by atoms with Gasteiger partial charge >= 0.3 is 6.16 Å². The summed E-state index contributed by atoms with van der Waals surface area (Å²) in [5.74, 6) is -0.378. The Morgan fingerprint density at radius 1 is 1.05 bits per heavy atom. The van der Waals surface area contributed by atoms with Gasteiger partial charge in [0.2, 0.25) is 5.91 Å². The van der Waals surface area contributed by atoms with Gasteiger partial charge in [0.25, 0.3) is 5.91 Å². The first-order valence-corrected chi connectivity index (χ1v) is 6.38. The Morgan fingerprint density at radius 2 is 1.50 bits per heavy atom. The average Bonchev–Trinajstić information content (AvgIpc) is 2.38. The van der Waals surface area contributed by atoms with E-state index in [4.69, 9.17) is 20.2 Å². The van der Waals surface area contributed by atoms with Gasteiger partial charge < -0.3 is 15.1 Å². The summed E-state index contributed by atoms with van der Waals surface area (Å²) < 4.78 is 0. The topological polar surface area (TPSA) is 118 Å². The highest BCUT2D eigenvalue weighted by Gasteiger charge is 2.25.